The standard InChI is InChI=1S/C20H27N3O4/c21-20(25)14-5-8-22(9-6-14)19(24)13-23-7-1-2-16(23)15-3-4-17-18(12-15)27-11-10-26-17/h3-4,12,14,16H,1-2,5-11,13H2,(H2,21,25)/t16-/m1/s1. The highest BCUT2D eigenvalue weighted by Crippen LogP contribution is 2.38. The Balaban J connectivity index is 1.39. The van der Waals surface area contributed by atoms with E-state index >= 15 is 0 Å². The minimum Gasteiger partial charge on any atom is -0.486 e. The van der Waals surface area contributed by atoms with Gasteiger partial charge in [0.1, 0.15) is 13.2 Å². The van der Waals surface area contributed by atoms with Crippen LogP contribution < -0.4 is 15.2 Å². The lowest BCUT2D eigenvalue weighted by atomic mass is 9.96. The molecule has 4 rings (SSSR count). The van der Waals surface area contributed by atoms with Gasteiger partial charge in [0, 0.05) is 25.0 Å². The third-order valence-corrected chi connectivity index (χ3v) is 5.90. The van der Waals surface area contributed by atoms with Crippen molar-refractivity contribution in [1.82, 2.24) is 9.80 Å². The van der Waals surface area contributed by atoms with Gasteiger partial charge in [-0.25, -0.2) is 0 Å². The van der Waals surface area contributed by atoms with Crippen molar-refractivity contribution in [2.75, 3.05) is 39.4 Å². The number of piperidine rings is 1. The molecule has 146 valence electrons. The fraction of sp³-hybridized carbons (Fsp3) is 0.600. The van der Waals surface area contributed by atoms with Gasteiger partial charge in [-0.15, -0.1) is 0 Å². The Morgan fingerprint density at radius 3 is 2.52 bits per heavy atom. The van der Waals surface area contributed by atoms with Gasteiger partial charge in [0.05, 0.1) is 6.54 Å². The molecule has 1 atom stereocenters. The molecule has 7 heteroatoms. The molecule has 3 heterocycles. The van der Waals surface area contributed by atoms with Crippen molar-refractivity contribution in [1.29, 1.82) is 0 Å². The molecule has 0 aromatic heterocycles. The number of primary amides is 1. The SMILES string of the molecule is NC(=O)C1CCN(C(=O)CN2CCC[C@@H]2c2ccc3c(c2)OCCO3)CC1. The number of fused-ring (bicyclic) bond motifs is 1. The maximum absolute atomic E-state index is 12.8. The Bertz CT molecular complexity index is 715. The fourth-order valence-electron chi connectivity index (χ4n) is 4.35. The lowest BCUT2D eigenvalue weighted by Crippen LogP contribution is -2.45. The number of benzene rings is 1. The zero-order chi connectivity index (χ0) is 18.8. The zero-order valence-corrected chi connectivity index (χ0v) is 15.6. The minimum absolute atomic E-state index is 0.0914. The first-order valence-electron chi connectivity index (χ1n) is 9.82. The van der Waals surface area contributed by atoms with E-state index in [0.29, 0.717) is 45.7 Å². The summed E-state index contributed by atoms with van der Waals surface area (Å²) in [7, 11) is 0. The number of nitrogens with two attached hydrogens (primary N) is 1. The van der Waals surface area contributed by atoms with Gasteiger partial charge in [0.25, 0.3) is 0 Å². The van der Waals surface area contributed by atoms with Gasteiger partial charge in [-0.3, -0.25) is 14.5 Å². The lowest BCUT2D eigenvalue weighted by molar-refractivity contribution is -0.136. The number of nitrogens with zero attached hydrogens (tertiary/aromatic N) is 2. The number of rotatable bonds is 4. The summed E-state index contributed by atoms with van der Waals surface area (Å²) in [5.41, 5.74) is 6.56. The van der Waals surface area contributed by atoms with Crippen LogP contribution in [-0.2, 0) is 9.59 Å². The second-order valence-corrected chi connectivity index (χ2v) is 7.59. The summed E-state index contributed by atoms with van der Waals surface area (Å²) in [6.07, 6.45) is 3.46. The third kappa shape index (κ3) is 3.88. The summed E-state index contributed by atoms with van der Waals surface area (Å²) in [6, 6.07) is 6.34. The minimum atomic E-state index is -0.250. The Kier molecular flexibility index (Phi) is 5.20. The van der Waals surface area contributed by atoms with Crippen LogP contribution in [0.25, 0.3) is 0 Å². The van der Waals surface area contributed by atoms with E-state index in [-0.39, 0.29) is 23.8 Å². The summed E-state index contributed by atoms with van der Waals surface area (Å²) in [6.45, 7) is 3.74. The summed E-state index contributed by atoms with van der Waals surface area (Å²) >= 11 is 0. The van der Waals surface area contributed by atoms with Crippen LogP contribution in [0.4, 0.5) is 0 Å². The maximum Gasteiger partial charge on any atom is 0.236 e. The predicted octanol–water partition coefficient (Wildman–Crippen LogP) is 1.32. The molecule has 0 bridgehead atoms. The van der Waals surface area contributed by atoms with Crippen molar-refractivity contribution in [2.24, 2.45) is 11.7 Å². The molecule has 27 heavy (non-hydrogen) atoms. The molecule has 0 saturated carbocycles. The highest BCUT2D eigenvalue weighted by Gasteiger charge is 2.31. The van der Waals surface area contributed by atoms with Crippen molar-refractivity contribution < 1.29 is 19.1 Å². The van der Waals surface area contributed by atoms with E-state index < -0.39 is 0 Å². The molecule has 3 aliphatic heterocycles. The van der Waals surface area contributed by atoms with Crippen LogP contribution in [0.2, 0.25) is 0 Å². The van der Waals surface area contributed by atoms with Crippen molar-refractivity contribution >= 4 is 11.8 Å². The van der Waals surface area contributed by atoms with E-state index in [1.54, 1.807) is 0 Å². The molecule has 0 radical (unpaired) electrons. The average Bonchev–Trinajstić information content (AvgIpc) is 3.15. The number of amides is 2. The largest absolute Gasteiger partial charge is 0.486 e. The first-order chi connectivity index (χ1) is 13.1. The number of hydrogen-bond acceptors (Lipinski definition) is 5. The van der Waals surface area contributed by atoms with E-state index in [2.05, 4.69) is 17.0 Å². The van der Waals surface area contributed by atoms with Crippen LogP contribution in [0.3, 0.4) is 0 Å². The number of ether oxygens (including phenoxy) is 2. The lowest BCUT2D eigenvalue weighted by Gasteiger charge is -2.33. The highest BCUT2D eigenvalue weighted by molar-refractivity contribution is 5.80. The van der Waals surface area contributed by atoms with Gasteiger partial charge in [-0.1, -0.05) is 6.07 Å². The first-order valence-corrected chi connectivity index (χ1v) is 9.82. The highest BCUT2D eigenvalue weighted by atomic mass is 16.6. The van der Waals surface area contributed by atoms with Crippen molar-refractivity contribution in [3.63, 3.8) is 0 Å². The van der Waals surface area contributed by atoms with Gasteiger partial charge in [0.2, 0.25) is 11.8 Å². The smallest absolute Gasteiger partial charge is 0.236 e. The molecular formula is C20H27N3O4. The molecule has 2 N–H and O–H groups in total. The molecule has 2 fully saturated rings. The Morgan fingerprint density at radius 2 is 1.78 bits per heavy atom. The number of carbonyl (C=O) groups is 2. The summed E-state index contributed by atoms with van der Waals surface area (Å²) in [4.78, 5) is 28.2. The van der Waals surface area contributed by atoms with E-state index in [4.69, 9.17) is 15.2 Å². The predicted molar refractivity (Wildman–Crippen MR) is 99.5 cm³/mol. The second-order valence-electron chi connectivity index (χ2n) is 7.59. The van der Waals surface area contributed by atoms with Crippen LogP contribution in [-0.4, -0.2) is 61.0 Å². The summed E-state index contributed by atoms with van der Waals surface area (Å²) < 4.78 is 11.3. The van der Waals surface area contributed by atoms with Crippen LogP contribution in [0.15, 0.2) is 18.2 Å². The first kappa shape index (κ1) is 18.1. The molecule has 0 spiro atoms. The molecule has 1 aromatic rings. The van der Waals surface area contributed by atoms with Crippen LogP contribution in [0.5, 0.6) is 11.5 Å². The zero-order valence-electron chi connectivity index (χ0n) is 15.6. The average molecular weight is 373 g/mol. The van der Waals surface area contributed by atoms with Gasteiger partial charge in [-0.05, 0) is 49.9 Å². The molecule has 7 nitrogen and oxygen atoms in total. The van der Waals surface area contributed by atoms with Gasteiger partial charge >= 0.3 is 0 Å². The second kappa shape index (κ2) is 7.76. The quantitative estimate of drug-likeness (QED) is 0.860. The van der Waals surface area contributed by atoms with E-state index in [0.717, 1.165) is 30.9 Å². The van der Waals surface area contributed by atoms with Crippen molar-refractivity contribution in [2.45, 2.75) is 31.7 Å². The molecule has 2 amide bonds. The van der Waals surface area contributed by atoms with Crippen LogP contribution >= 0.6 is 0 Å². The van der Waals surface area contributed by atoms with Crippen molar-refractivity contribution in [3.8, 4) is 11.5 Å². The van der Waals surface area contributed by atoms with E-state index in [9.17, 15) is 9.59 Å². The van der Waals surface area contributed by atoms with Crippen molar-refractivity contribution in [3.05, 3.63) is 23.8 Å². The molecule has 0 unspecified atom stereocenters. The van der Waals surface area contributed by atoms with Gasteiger partial charge in [-0.2, -0.15) is 0 Å². The Hall–Kier alpha value is -2.28. The van der Waals surface area contributed by atoms with Gasteiger partial charge in [0.15, 0.2) is 11.5 Å². The summed E-state index contributed by atoms with van der Waals surface area (Å²) in [5.74, 6) is 1.39. The molecular weight excluding hydrogens is 346 g/mol. The number of carbonyl (C=O) groups excluding carboxylic acids is 2. The normalized spacial score (nSPS) is 23.4. The Labute approximate surface area is 159 Å². The van der Waals surface area contributed by atoms with Crippen LogP contribution in [0, 0.1) is 5.92 Å². The molecule has 1 aromatic carbocycles. The van der Waals surface area contributed by atoms with E-state index in [1.165, 1.54) is 5.56 Å². The Morgan fingerprint density at radius 1 is 1.04 bits per heavy atom. The summed E-state index contributed by atoms with van der Waals surface area (Å²) in [5, 5.41) is 0. The third-order valence-electron chi connectivity index (χ3n) is 5.90. The monoisotopic (exact) mass is 373 g/mol. The molecule has 3 aliphatic rings. The van der Waals surface area contributed by atoms with Gasteiger partial charge < -0.3 is 20.1 Å². The number of hydrogen-bond donors (Lipinski definition) is 1. The maximum atomic E-state index is 12.8. The van der Waals surface area contributed by atoms with E-state index in [1.807, 2.05) is 11.0 Å². The molecule has 0 aliphatic carbocycles. The molecule has 2 saturated heterocycles. The fourth-order valence-corrected chi connectivity index (χ4v) is 4.35. The van der Waals surface area contributed by atoms with Crippen LogP contribution in [0.1, 0.15) is 37.3 Å². The topological polar surface area (TPSA) is 85.1 Å². The number of likely N-dealkylation sites (tertiary alicyclic amines) is 2.